The average molecular weight is 392 g/mol. The van der Waals surface area contributed by atoms with E-state index in [0.717, 1.165) is 6.42 Å². The van der Waals surface area contributed by atoms with Crippen molar-refractivity contribution in [3.63, 3.8) is 0 Å². The molecule has 0 N–H and O–H groups in total. The first-order valence-electron chi connectivity index (χ1n) is 8.95. The van der Waals surface area contributed by atoms with Gasteiger partial charge in [0.1, 0.15) is 18.1 Å². The van der Waals surface area contributed by atoms with E-state index in [1.165, 1.54) is 28.6 Å². The fraction of sp³-hybridized carbons (Fsp3) is 0.474. The van der Waals surface area contributed by atoms with Gasteiger partial charge < -0.3 is 9.26 Å². The largest absolute Gasteiger partial charge is 0.455 e. The van der Waals surface area contributed by atoms with E-state index in [2.05, 4.69) is 19.0 Å². The van der Waals surface area contributed by atoms with Gasteiger partial charge in [0.25, 0.3) is 0 Å². The van der Waals surface area contributed by atoms with Gasteiger partial charge in [-0.3, -0.25) is 0 Å². The van der Waals surface area contributed by atoms with Gasteiger partial charge in [-0.2, -0.15) is 4.31 Å². The number of benzene rings is 1. The summed E-state index contributed by atoms with van der Waals surface area (Å²) in [7, 11) is -3.56. The minimum absolute atomic E-state index is 0.000220. The van der Waals surface area contributed by atoms with Crippen LogP contribution in [-0.4, -0.2) is 36.9 Å². The van der Waals surface area contributed by atoms with Gasteiger partial charge in [0.2, 0.25) is 10.0 Å². The van der Waals surface area contributed by atoms with Crippen LogP contribution >= 0.6 is 0 Å². The third-order valence-corrected chi connectivity index (χ3v) is 6.44. The Bertz CT molecular complexity index is 894. The van der Waals surface area contributed by atoms with E-state index in [9.17, 15) is 13.2 Å². The Morgan fingerprint density at radius 2 is 1.85 bits per heavy atom. The Hall–Kier alpha value is -2.19. The van der Waals surface area contributed by atoms with Gasteiger partial charge in [-0.05, 0) is 49.4 Å². The molecule has 2 heterocycles. The number of aromatic nitrogens is 1. The molecule has 3 rings (SSSR count). The molecule has 2 atom stereocenters. The van der Waals surface area contributed by atoms with Crippen LogP contribution in [0, 0.1) is 18.8 Å². The summed E-state index contributed by atoms with van der Waals surface area (Å²) in [5.74, 6) is 0.757. The predicted molar refractivity (Wildman–Crippen MR) is 98.5 cm³/mol. The lowest BCUT2D eigenvalue weighted by Gasteiger charge is -2.34. The Morgan fingerprint density at radius 3 is 2.41 bits per heavy atom. The molecule has 0 saturated carbocycles. The van der Waals surface area contributed by atoms with Crippen molar-refractivity contribution in [3.8, 4) is 0 Å². The molecule has 1 aromatic heterocycles. The van der Waals surface area contributed by atoms with Crippen molar-refractivity contribution < 1.29 is 22.5 Å². The van der Waals surface area contributed by atoms with E-state index in [1.54, 1.807) is 13.0 Å². The van der Waals surface area contributed by atoms with E-state index >= 15 is 0 Å². The molecule has 1 aliphatic rings. The molecule has 27 heavy (non-hydrogen) atoms. The molecule has 146 valence electrons. The molecule has 0 bridgehead atoms. The van der Waals surface area contributed by atoms with Crippen LogP contribution in [0.15, 0.2) is 39.8 Å². The fourth-order valence-corrected chi connectivity index (χ4v) is 5.10. The van der Waals surface area contributed by atoms with Gasteiger partial charge in [0.15, 0.2) is 0 Å². The van der Waals surface area contributed by atoms with Crippen molar-refractivity contribution in [2.45, 2.75) is 38.7 Å². The lowest BCUT2D eigenvalue weighted by Crippen LogP contribution is -2.42. The molecule has 2 aromatic rings. The third kappa shape index (κ3) is 4.56. The third-order valence-electron chi connectivity index (χ3n) is 4.59. The molecular weight excluding hydrogens is 368 g/mol. The highest BCUT2D eigenvalue weighted by Gasteiger charge is 2.31. The van der Waals surface area contributed by atoms with Crippen molar-refractivity contribution in [1.82, 2.24) is 9.46 Å². The molecule has 8 heteroatoms. The van der Waals surface area contributed by atoms with Crippen LogP contribution in [0.25, 0.3) is 0 Å². The van der Waals surface area contributed by atoms with E-state index in [0.29, 0.717) is 36.4 Å². The van der Waals surface area contributed by atoms with Gasteiger partial charge in [0.05, 0.1) is 10.5 Å². The number of hydrogen-bond donors (Lipinski definition) is 0. The minimum Gasteiger partial charge on any atom is -0.455 e. The number of carbonyl (C=O) groups excluding carboxylic acids is 1. The van der Waals surface area contributed by atoms with Gasteiger partial charge in [-0.25, -0.2) is 13.2 Å². The fourth-order valence-electron chi connectivity index (χ4n) is 3.42. The van der Waals surface area contributed by atoms with Crippen molar-refractivity contribution >= 4 is 16.0 Å². The van der Waals surface area contributed by atoms with Crippen molar-refractivity contribution in [2.75, 3.05) is 13.1 Å². The zero-order valence-corrected chi connectivity index (χ0v) is 16.5. The van der Waals surface area contributed by atoms with Crippen LogP contribution in [0.2, 0.25) is 0 Å². The van der Waals surface area contributed by atoms with Crippen molar-refractivity contribution in [1.29, 1.82) is 0 Å². The molecule has 1 saturated heterocycles. The second-order valence-corrected chi connectivity index (χ2v) is 9.24. The van der Waals surface area contributed by atoms with Gasteiger partial charge in [-0.1, -0.05) is 19.0 Å². The SMILES string of the molecule is Cc1cc(COC(=O)c2ccc(S(=O)(=O)N3C[C@H](C)C[C@@H](C)C3)cc2)no1. The lowest BCUT2D eigenvalue weighted by atomic mass is 9.94. The number of carbonyl (C=O) groups is 1. The smallest absolute Gasteiger partial charge is 0.338 e. The number of aryl methyl sites for hydroxylation is 1. The van der Waals surface area contributed by atoms with Crippen LogP contribution in [0.3, 0.4) is 0 Å². The maximum atomic E-state index is 12.9. The summed E-state index contributed by atoms with van der Waals surface area (Å²) in [6, 6.07) is 7.54. The first-order valence-corrected chi connectivity index (χ1v) is 10.4. The molecule has 1 aromatic carbocycles. The first-order chi connectivity index (χ1) is 12.8. The molecule has 0 spiro atoms. The van der Waals surface area contributed by atoms with Crippen LogP contribution in [0.4, 0.5) is 0 Å². The summed E-state index contributed by atoms with van der Waals surface area (Å²) in [6.45, 7) is 6.92. The zero-order chi connectivity index (χ0) is 19.6. The summed E-state index contributed by atoms with van der Waals surface area (Å²) in [5.41, 5.74) is 0.808. The topological polar surface area (TPSA) is 89.7 Å². The summed E-state index contributed by atoms with van der Waals surface area (Å²) < 4.78 is 37.4. The highest BCUT2D eigenvalue weighted by atomic mass is 32.2. The van der Waals surface area contributed by atoms with Crippen LogP contribution in [0.5, 0.6) is 0 Å². The lowest BCUT2D eigenvalue weighted by molar-refractivity contribution is 0.0464. The number of ether oxygens (including phenoxy) is 1. The van der Waals surface area contributed by atoms with Crippen molar-refractivity contribution in [3.05, 3.63) is 47.3 Å². The molecule has 0 radical (unpaired) electrons. The Labute approximate surface area is 159 Å². The molecule has 0 aliphatic carbocycles. The van der Waals surface area contributed by atoms with Crippen LogP contribution in [0.1, 0.15) is 42.1 Å². The number of hydrogen-bond acceptors (Lipinski definition) is 6. The summed E-state index contributed by atoms with van der Waals surface area (Å²) in [4.78, 5) is 12.3. The predicted octanol–water partition coefficient (Wildman–Crippen LogP) is 3.01. The highest BCUT2D eigenvalue weighted by Crippen LogP contribution is 2.26. The van der Waals surface area contributed by atoms with Gasteiger partial charge >= 0.3 is 5.97 Å². The molecule has 1 fully saturated rings. The first kappa shape index (κ1) is 19.6. The Kier molecular flexibility index (Phi) is 5.67. The second kappa shape index (κ2) is 7.82. The average Bonchev–Trinajstić information content (AvgIpc) is 3.04. The number of piperidine rings is 1. The zero-order valence-electron chi connectivity index (χ0n) is 15.7. The number of esters is 1. The van der Waals surface area contributed by atoms with E-state index in [4.69, 9.17) is 9.26 Å². The maximum absolute atomic E-state index is 12.9. The summed E-state index contributed by atoms with van der Waals surface area (Å²) >= 11 is 0. The monoisotopic (exact) mass is 392 g/mol. The standard InChI is InChI=1S/C19H24N2O5S/c1-13-8-14(2)11-21(10-13)27(23,24)18-6-4-16(5-7-18)19(22)25-12-17-9-15(3)26-20-17/h4-7,9,13-14H,8,10-12H2,1-3H3/t13-,14-/m1/s1. The summed E-state index contributed by atoms with van der Waals surface area (Å²) in [6.07, 6.45) is 1.03. The Morgan fingerprint density at radius 1 is 1.22 bits per heavy atom. The Balaban J connectivity index is 1.67. The molecule has 1 aliphatic heterocycles. The quantitative estimate of drug-likeness (QED) is 0.727. The second-order valence-electron chi connectivity index (χ2n) is 7.30. The van der Waals surface area contributed by atoms with E-state index < -0.39 is 16.0 Å². The number of nitrogens with zero attached hydrogens (tertiary/aromatic N) is 2. The molecule has 7 nitrogen and oxygen atoms in total. The van der Waals surface area contributed by atoms with Gasteiger partial charge in [0, 0.05) is 19.2 Å². The molecule has 0 unspecified atom stereocenters. The molecular formula is C19H24N2O5S. The number of sulfonamides is 1. The summed E-state index contributed by atoms with van der Waals surface area (Å²) in [5, 5.41) is 3.75. The molecule has 0 amide bonds. The minimum atomic E-state index is -3.56. The van der Waals surface area contributed by atoms with Crippen LogP contribution in [-0.2, 0) is 21.4 Å². The van der Waals surface area contributed by atoms with E-state index in [-0.39, 0.29) is 17.1 Å². The highest BCUT2D eigenvalue weighted by molar-refractivity contribution is 7.89. The van der Waals surface area contributed by atoms with E-state index in [1.807, 2.05) is 0 Å². The maximum Gasteiger partial charge on any atom is 0.338 e. The normalized spacial score (nSPS) is 21.1. The number of rotatable bonds is 5. The van der Waals surface area contributed by atoms with Crippen molar-refractivity contribution in [2.24, 2.45) is 11.8 Å². The van der Waals surface area contributed by atoms with Gasteiger partial charge in [-0.15, -0.1) is 0 Å². The van der Waals surface area contributed by atoms with Crippen LogP contribution < -0.4 is 0 Å².